The van der Waals surface area contributed by atoms with Crippen LogP contribution in [-0.2, 0) is 17.8 Å². The smallest absolute Gasteiger partial charge is 0.290 e. The Balaban J connectivity index is 1.51. The Morgan fingerprint density at radius 2 is 1.65 bits per heavy atom. The Bertz CT molecular complexity index is 1560. The predicted molar refractivity (Wildman–Crippen MR) is 154 cm³/mol. The quantitative estimate of drug-likeness (QED) is 0.236. The third-order valence-electron chi connectivity index (χ3n) is 6.88. The topological polar surface area (TPSA) is 89.0 Å². The minimum absolute atomic E-state index is 0.0461. The summed E-state index contributed by atoms with van der Waals surface area (Å²) in [5, 5.41) is 11.8. The van der Waals surface area contributed by atoms with Crippen molar-refractivity contribution in [1.29, 1.82) is 0 Å². The molecule has 1 atom stereocenters. The molecule has 0 saturated carbocycles. The summed E-state index contributed by atoms with van der Waals surface area (Å²) in [5.74, 6) is -0.509. The second-order valence-electron chi connectivity index (χ2n) is 9.56. The van der Waals surface area contributed by atoms with E-state index >= 15 is 0 Å². The van der Waals surface area contributed by atoms with Gasteiger partial charge in [0.2, 0.25) is 5.78 Å². The summed E-state index contributed by atoms with van der Waals surface area (Å²) in [4.78, 5) is 33.6. The molecular formula is C32H30N2O5S. The molecule has 0 bridgehead atoms. The van der Waals surface area contributed by atoms with E-state index in [4.69, 9.17) is 9.47 Å². The van der Waals surface area contributed by atoms with Crippen molar-refractivity contribution < 1.29 is 24.2 Å². The first-order chi connectivity index (χ1) is 19.4. The Hall–Kier alpha value is -4.43. The lowest BCUT2D eigenvalue weighted by Gasteiger charge is -2.27. The van der Waals surface area contributed by atoms with Crippen LogP contribution in [0.3, 0.4) is 0 Å². The molecule has 0 spiro atoms. The second-order valence-corrected chi connectivity index (χ2v) is 10.8. The molecule has 1 aromatic heterocycles. The number of rotatable bonds is 10. The number of aliphatic hydroxyl groups excluding tert-OH is 1. The van der Waals surface area contributed by atoms with Gasteiger partial charge in [0, 0.05) is 6.54 Å². The van der Waals surface area contributed by atoms with Gasteiger partial charge in [0.05, 0.1) is 34.3 Å². The van der Waals surface area contributed by atoms with Crippen LogP contribution in [0.2, 0.25) is 0 Å². The Morgan fingerprint density at radius 1 is 0.975 bits per heavy atom. The number of amides is 1. The Morgan fingerprint density at radius 3 is 2.27 bits per heavy atom. The van der Waals surface area contributed by atoms with Gasteiger partial charge in [0.1, 0.15) is 6.61 Å². The van der Waals surface area contributed by atoms with Crippen molar-refractivity contribution in [3.8, 4) is 11.5 Å². The van der Waals surface area contributed by atoms with Crippen LogP contribution < -0.4 is 9.47 Å². The van der Waals surface area contributed by atoms with Gasteiger partial charge >= 0.3 is 0 Å². The third-order valence-corrected chi connectivity index (χ3v) is 7.95. The lowest BCUT2D eigenvalue weighted by Crippen LogP contribution is -2.33. The summed E-state index contributed by atoms with van der Waals surface area (Å²) in [6, 6.07) is 24.1. The highest BCUT2D eigenvalue weighted by Crippen LogP contribution is 2.42. The van der Waals surface area contributed by atoms with Crippen molar-refractivity contribution in [3.63, 3.8) is 0 Å². The maximum atomic E-state index is 13.8. The minimum atomic E-state index is -0.803. The van der Waals surface area contributed by atoms with Gasteiger partial charge in [-0.25, -0.2) is 4.98 Å². The van der Waals surface area contributed by atoms with Gasteiger partial charge in [0.25, 0.3) is 5.91 Å². The van der Waals surface area contributed by atoms with Crippen LogP contribution in [-0.4, -0.2) is 40.3 Å². The largest absolute Gasteiger partial charge is 0.503 e. The molecule has 4 aromatic rings. The number of methoxy groups -OCH3 is 1. The number of carbonyl (C=O) groups excluding carboxylic acids is 2. The first-order valence-corrected chi connectivity index (χ1v) is 13.8. The summed E-state index contributed by atoms with van der Waals surface area (Å²) in [7, 11) is 1.55. The highest BCUT2D eigenvalue weighted by Gasteiger charge is 2.44. The molecule has 1 unspecified atom stereocenters. The van der Waals surface area contributed by atoms with E-state index < -0.39 is 23.5 Å². The van der Waals surface area contributed by atoms with Crippen molar-refractivity contribution in [3.05, 3.63) is 122 Å². The van der Waals surface area contributed by atoms with Crippen molar-refractivity contribution >= 4 is 23.0 Å². The van der Waals surface area contributed by atoms with Crippen LogP contribution in [0.4, 0.5) is 0 Å². The molecule has 204 valence electrons. The highest BCUT2D eigenvalue weighted by atomic mass is 32.1. The predicted octanol–water partition coefficient (Wildman–Crippen LogP) is 6.17. The molecule has 3 aromatic carbocycles. The minimum Gasteiger partial charge on any atom is -0.503 e. The fourth-order valence-electron chi connectivity index (χ4n) is 4.93. The van der Waals surface area contributed by atoms with E-state index in [-0.39, 0.29) is 5.57 Å². The summed E-state index contributed by atoms with van der Waals surface area (Å²) >= 11 is 1.26. The standard InChI is InChI=1S/C32H30N2O5S/c1-20-31(40-21(2)33-20)29(35)27-28(34(32(37)30(27)36)17-16-22-10-6-4-7-11-22)24-14-15-25(26(18-24)38-3)39-19-23-12-8-5-9-13-23/h4-15,18,28,36H,16-17,19H2,1-3H3. The van der Waals surface area contributed by atoms with Crippen molar-refractivity contribution in [1.82, 2.24) is 9.88 Å². The van der Waals surface area contributed by atoms with Crippen LogP contribution in [0.25, 0.3) is 0 Å². The number of aliphatic hydroxyl groups is 1. The molecule has 40 heavy (non-hydrogen) atoms. The third kappa shape index (κ3) is 5.49. The number of ether oxygens (including phenoxy) is 2. The summed E-state index contributed by atoms with van der Waals surface area (Å²) < 4.78 is 11.7. The van der Waals surface area contributed by atoms with Gasteiger partial charge < -0.3 is 19.5 Å². The molecule has 1 N–H and O–H groups in total. The van der Waals surface area contributed by atoms with E-state index in [0.29, 0.717) is 47.2 Å². The maximum absolute atomic E-state index is 13.8. The van der Waals surface area contributed by atoms with Crippen LogP contribution in [0.5, 0.6) is 11.5 Å². The van der Waals surface area contributed by atoms with Crippen LogP contribution >= 0.6 is 11.3 Å². The number of aryl methyl sites for hydroxylation is 2. The van der Waals surface area contributed by atoms with Gasteiger partial charge in [-0.15, -0.1) is 11.3 Å². The molecule has 0 radical (unpaired) electrons. The maximum Gasteiger partial charge on any atom is 0.290 e. The van der Waals surface area contributed by atoms with Gasteiger partial charge in [-0.3, -0.25) is 9.59 Å². The normalized spacial score (nSPS) is 15.0. The zero-order chi connectivity index (χ0) is 28.2. The molecule has 0 saturated heterocycles. The van der Waals surface area contributed by atoms with Gasteiger partial charge in [-0.1, -0.05) is 66.7 Å². The molecule has 0 fully saturated rings. The molecule has 8 heteroatoms. The SMILES string of the molecule is COc1cc(C2C(C(=O)c3sc(C)nc3C)=C(O)C(=O)N2CCc2ccccc2)ccc1OCc1ccccc1. The molecule has 5 rings (SSSR count). The molecule has 2 heterocycles. The van der Waals surface area contributed by atoms with Gasteiger partial charge in [-0.2, -0.15) is 0 Å². The first-order valence-electron chi connectivity index (χ1n) is 13.0. The van der Waals surface area contributed by atoms with E-state index in [0.717, 1.165) is 16.1 Å². The zero-order valence-electron chi connectivity index (χ0n) is 22.6. The van der Waals surface area contributed by atoms with Gasteiger partial charge in [0.15, 0.2) is 17.3 Å². The van der Waals surface area contributed by atoms with Crippen LogP contribution in [0.15, 0.2) is 90.2 Å². The average molecular weight is 555 g/mol. The van der Waals surface area contributed by atoms with E-state index in [1.54, 1.807) is 31.1 Å². The number of Topliss-reactive ketones (excluding diaryl/α,β-unsaturated/α-hetero) is 1. The molecule has 1 aliphatic heterocycles. The lowest BCUT2D eigenvalue weighted by molar-refractivity contribution is -0.129. The van der Waals surface area contributed by atoms with E-state index in [2.05, 4.69) is 4.98 Å². The van der Waals surface area contributed by atoms with E-state index in [1.165, 1.54) is 11.3 Å². The van der Waals surface area contributed by atoms with E-state index in [9.17, 15) is 14.7 Å². The summed E-state index contributed by atoms with van der Waals surface area (Å²) in [6.45, 7) is 4.25. The van der Waals surface area contributed by atoms with Crippen LogP contribution in [0, 0.1) is 13.8 Å². The number of nitrogens with zero attached hydrogens (tertiary/aromatic N) is 2. The Kier molecular flexibility index (Phi) is 7.98. The van der Waals surface area contributed by atoms with Gasteiger partial charge in [-0.05, 0) is 49.1 Å². The summed E-state index contributed by atoms with van der Waals surface area (Å²) in [6.07, 6.45) is 0.561. The molecule has 1 amide bonds. The van der Waals surface area contributed by atoms with Crippen molar-refractivity contribution in [2.75, 3.05) is 13.7 Å². The first kappa shape index (κ1) is 27.1. The summed E-state index contributed by atoms with van der Waals surface area (Å²) in [5.41, 5.74) is 3.31. The number of aromatic nitrogens is 1. The number of ketones is 1. The number of carbonyl (C=O) groups is 2. The molecular weight excluding hydrogens is 524 g/mol. The lowest BCUT2D eigenvalue weighted by atomic mass is 9.94. The van der Waals surface area contributed by atoms with Crippen molar-refractivity contribution in [2.24, 2.45) is 0 Å². The van der Waals surface area contributed by atoms with E-state index in [1.807, 2.05) is 73.7 Å². The Labute approximate surface area is 237 Å². The molecule has 7 nitrogen and oxygen atoms in total. The monoisotopic (exact) mass is 554 g/mol. The molecule has 1 aliphatic rings. The molecule has 0 aliphatic carbocycles. The number of thiazole rings is 1. The number of hydrogen-bond acceptors (Lipinski definition) is 7. The second kappa shape index (κ2) is 11.8. The van der Waals surface area contributed by atoms with Crippen LogP contribution in [0.1, 0.15) is 43.1 Å². The fraction of sp³-hybridized carbons (Fsp3) is 0.219. The number of benzene rings is 3. The number of hydrogen-bond donors (Lipinski definition) is 1. The highest BCUT2D eigenvalue weighted by molar-refractivity contribution is 7.14. The zero-order valence-corrected chi connectivity index (χ0v) is 23.4. The fourth-order valence-corrected chi connectivity index (χ4v) is 5.80. The average Bonchev–Trinajstić information content (AvgIpc) is 3.45. The van der Waals surface area contributed by atoms with Crippen molar-refractivity contribution in [2.45, 2.75) is 32.9 Å².